The number of aliphatic imine (C=N–C) groups is 1. The fourth-order valence-corrected chi connectivity index (χ4v) is 2.15. The minimum Gasteiger partial charge on any atom is -0.370 e. The number of aromatic amines is 1. The lowest BCUT2D eigenvalue weighted by Gasteiger charge is -2.10. The van der Waals surface area contributed by atoms with Crippen LogP contribution >= 0.6 is 15.9 Å². The van der Waals surface area contributed by atoms with E-state index in [0.29, 0.717) is 12.5 Å². The van der Waals surface area contributed by atoms with Gasteiger partial charge in [-0.1, -0.05) is 15.9 Å². The van der Waals surface area contributed by atoms with Gasteiger partial charge in [0.15, 0.2) is 5.96 Å². The molecule has 0 atom stereocenters. The van der Waals surface area contributed by atoms with Crippen molar-refractivity contribution >= 4 is 32.8 Å². The van der Waals surface area contributed by atoms with E-state index in [1.807, 2.05) is 31.3 Å². The zero-order chi connectivity index (χ0) is 13.1. The normalized spacial score (nSPS) is 12.1. The molecule has 1 heterocycles. The molecule has 0 saturated heterocycles. The van der Waals surface area contributed by atoms with Crippen LogP contribution in [0.3, 0.4) is 0 Å². The lowest BCUT2D eigenvalue weighted by molar-refractivity contribution is 0.609. The Hall–Kier alpha value is -1.49. The predicted octanol–water partition coefficient (Wildman–Crippen LogP) is 2.35. The standard InChI is InChI=1S/C13H17BrN4/c1-18(2)13(15)16-6-5-9-8-17-12-4-3-10(14)7-11(9)12/h3-4,7-8,17H,5-6H2,1-2H3,(H2,15,16). The van der Waals surface area contributed by atoms with Gasteiger partial charge in [-0.3, -0.25) is 4.99 Å². The average molecular weight is 309 g/mol. The second-order valence-electron chi connectivity index (χ2n) is 4.39. The van der Waals surface area contributed by atoms with Gasteiger partial charge in [-0.25, -0.2) is 0 Å². The molecule has 0 bridgehead atoms. The Bertz CT molecular complexity index is 571. The molecule has 0 aliphatic heterocycles. The SMILES string of the molecule is CN(C)C(N)=NCCc1c[nH]c2ccc(Br)cc12. The zero-order valence-corrected chi connectivity index (χ0v) is 12.2. The lowest BCUT2D eigenvalue weighted by Crippen LogP contribution is -2.30. The summed E-state index contributed by atoms with van der Waals surface area (Å²) in [6.45, 7) is 0.698. The maximum atomic E-state index is 5.75. The minimum atomic E-state index is 0.566. The summed E-state index contributed by atoms with van der Waals surface area (Å²) < 4.78 is 1.09. The van der Waals surface area contributed by atoms with Crippen LogP contribution < -0.4 is 5.73 Å². The van der Waals surface area contributed by atoms with Gasteiger partial charge in [-0.2, -0.15) is 0 Å². The summed E-state index contributed by atoms with van der Waals surface area (Å²) in [5.74, 6) is 0.566. The average Bonchev–Trinajstić information content (AvgIpc) is 2.71. The molecule has 18 heavy (non-hydrogen) atoms. The van der Waals surface area contributed by atoms with Crippen molar-refractivity contribution < 1.29 is 0 Å². The number of fused-ring (bicyclic) bond motifs is 1. The Morgan fingerprint density at radius 2 is 2.22 bits per heavy atom. The Balaban J connectivity index is 2.13. The summed E-state index contributed by atoms with van der Waals surface area (Å²) in [7, 11) is 3.78. The van der Waals surface area contributed by atoms with Crippen molar-refractivity contribution in [1.82, 2.24) is 9.88 Å². The lowest BCUT2D eigenvalue weighted by atomic mass is 10.1. The van der Waals surface area contributed by atoms with Gasteiger partial charge in [-0.15, -0.1) is 0 Å². The number of benzene rings is 1. The van der Waals surface area contributed by atoms with Crippen molar-refractivity contribution in [2.45, 2.75) is 6.42 Å². The van der Waals surface area contributed by atoms with Crippen LogP contribution in [-0.4, -0.2) is 36.5 Å². The van der Waals surface area contributed by atoms with Crippen LogP contribution in [0.2, 0.25) is 0 Å². The first-order valence-electron chi connectivity index (χ1n) is 5.80. The summed E-state index contributed by atoms with van der Waals surface area (Å²) in [6, 6.07) is 6.23. The van der Waals surface area contributed by atoms with Crippen LogP contribution in [0, 0.1) is 0 Å². The van der Waals surface area contributed by atoms with Crippen molar-refractivity contribution in [1.29, 1.82) is 0 Å². The number of nitrogens with one attached hydrogen (secondary N) is 1. The van der Waals surface area contributed by atoms with Crippen molar-refractivity contribution in [2.75, 3.05) is 20.6 Å². The second kappa shape index (κ2) is 5.44. The van der Waals surface area contributed by atoms with Crippen molar-refractivity contribution in [3.8, 4) is 0 Å². The predicted molar refractivity (Wildman–Crippen MR) is 79.9 cm³/mol. The molecule has 4 nitrogen and oxygen atoms in total. The Morgan fingerprint density at radius 3 is 2.94 bits per heavy atom. The van der Waals surface area contributed by atoms with Gasteiger partial charge < -0.3 is 15.6 Å². The number of rotatable bonds is 3. The number of H-pyrrole nitrogens is 1. The second-order valence-corrected chi connectivity index (χ2v) is 5.30. The molecule has 96 valence electrons. The van der Waals surface area contributed by atoms with Crippen LogP contribution in [0.1, 0.15) is 5.56 Å². The van der Waals surface area contributed by atoms with Gasteiger partial charge >= 0.3 is 0 Å². The van der Waals surface area contributed by atoms with E-state index < -0.39 is 0 Å². The quantitative estimate of drug-likeness (QED) is 0.675. The zero-order valence-electron chi connectivity index (χ0n) is 10.6. The molecule has 0 fully saturated rings. The molecule has 1 aromatic heterocycles. The van der Waals surface area contributed by atoms with Crippen LogP contribution in [-0.2, 0) is 6.42 Å². The first-order valence-corrected chi connectivity index (χ1v) is 6.60. The van der Waals surface area contributed by atoms with E-state index in [4.69, 9.17) is 5.73 Å². The van der Waals surface area contributed by atoms with E-state index in [0.717, 1.165) is 16.4 Å². The molecule has 1 aromatic carbocycles. The van der Waals surface area contributed by atoms with E-state index in [1.54, 1.807) is 0 Å². The maximum Gasteiger partial charge on any atom is 0.190 e. The smallest absolute Gasteiger partial charge is 0.190 e. The van der Waals surface area contributed by atoms with Gasteiger partial charge in [0.05, 0.1) is 0 Å². The summed E-state index contributed by atoms with van der Waals surface area (Å²) in [5, 5.41) is 1.24. The first kappa shape index (κ1) is 13.0. The maximum absolute atomic E-state index is 5.75. The van der Waals surface area contributed by atoms with Crippen molar-refractivity contribution in [3.05, 3.63) is 34.4 Å². The highest BCUT2D eigenvalue weighted by Gasteiger charge is 2.04. The third-order valence-electron chi connectivity index (χ3n) is 2.84. The number of halogens is 1. The molecule has 3 N–H and O–H groups in total. The molecule has 5 heteroatoms. The molecular weight excluding hydrogens is 292 g/mol. The molecule has 0 saturated carbocycles. The fraction of sp³-hybridized carbons (Fsp3) is 0.308. The van der Waals surface area contributed by atoms with E-state index in [1.165, 1.54) is 10.9 Å². The van der Waals surface area contributed by atoms with Gasteiger partial charge in [0.2, 0.25) is 0 Å². The van der Waals surface area contributed by atoms with Crippen LogP contribution in [0.25, 0.3) is 10.9 Å². The fourth-order valence-electron chi connectivity index (χ4n) is 1.79. The van der Waals surface area contributed by atoms with Crippen LogP contribution in [0.15, 0.2) is 33.9 Å². The van der Waals surface area contributed by atoms with Crippen molar-refractivity contribution in [2.24, 2.45) is 10.7 Å². The van der Waals surface area contributed by atoms with Crippen molar-refractivity contribution in [3.63, 3.8) is 0 Å². The molecule has 2 rings (SSSR count). The van der Waals surface area contributed by atoms with E-state index in [-0.39, 0.29) is 0 Å². The summed E-state index contributed by atoms with van der Waals surface area (Å²) in [5.41, 5.74) is 8.17. The largest absolute Gasteiger partial charge is 0.370 e. The molecule has 0 spiro atoms. The van der Waals surface area contributed by atoms with Gasteiger partial charge in [0, 0.05) is 42.2 Å². The Labute approximate surface area is 115 Å². The number of aromatic nitrogens is 1. The van der Waals surface area contributed by atoms with Crippen LogP contribution in [0.5, 0.6) is 0 Å². The highest BCUT2D eigenvalue weighted by Crippen LogP contribution is 2.22. The Morgan fingerprint density at radius 1 is 1.44 bits per heavy atom. The van der Waals surface area contributed by atoms with Gasteiger partial charge in [0.25, 0.3) is 0 Å². The molecule has 0 radical (unpaired) electrons. The number of guanidine groups is 1. The third-order valence-corrected chi connectivity index (χ3v) is 3.34. The molecular formula is C13H17BrN4. The number of hydrogen-bond donors (Lipinski definition) is 2. The number of hydrogen-bond acceptors (Lipinski definition) is 1. The molecule has 0 aliphatic carbocycles. The summed E-state index contributed by atoms with van der Waals surface area (Å²) >= 11 is 3.49. The summed E-state index contributed by atoms with van der Waals surface area (Å²) in [4.78, 5) is 9.40. The van der Waals surface area contributed by atoms with E-state index in [2.05, 4.69) is 38.0 Å². The van der Waals surface area contributed by atoms with Crippen LogP contribution in [0.4, 0.5) is 0 Å². The van der Waals surface area contributed by atoms with E-state index >= 15 is 0 Å². The Kier molecular flexibility index (Phi) is 3.91. The van der Waals surface area contributed by atoms with E-state index in [9.17, 15) is 0 Å². The minimum absolute atomic E-state index is 0.566. The third kappa shape index (κ3) is 2.85. The summed E-state index contributed by atoms with van der Waals surface area (Å²) in [6.07, 6.45) is 2.92. The highest BCUT2D eigenvalue weighted by atomic mass is 79.9. The first-order chi connectivity index (χ1) is 8.58. The molecule has 0 amide bonds. The highest BCUT2D eigenvalue weighted by molar-refractivity contribution is 9.10. The van der Waals surface area contributed by atoms with Gasteiger partial charge in [-0.05, 0) is 30.2 Å². The van der Waals surface area contributed by atoms with Gasteiger partial charge in [0.1, 0.15) is 0 Å². The number of nitrogens with two attached hydrogens (primary N) is 1. The molecule has 0 aliphatic rings. The topological polar surface area (TPSA) is 57.4 Å². The monoisotopic (exact) mass is 308 g/mol. The number of nitrogens with zero attached hydrogens (tertiary/aromatic N) is 2. The molecule has 0 unspecified atom stereocenters. The molecule has 2 aromatic rings.